The van der Waals surface area contributed by atoms with E-state index in [9.17, 15) is 14.7 Å². The first-order valence-corrected chi connectivity index (χ1v) is 9.91. The van der Waals surface area contributed by atoms with E-state index in [-0.39, 0.29) is 64.0 Å². The Balaban J connectivity index is 0.00000363. The number of rotatable bonds is 7. The van der Waals surface area contributed by atoms with Gasteiger partial charge in [-0.05, 0) is 42.5 Å². The number of nitrogens with zero attached hydrogens (tertiary/aromatic N) is 2. The van der Waals surface area contributed by atoms with Gasteiger partial charge in [-0.25, -0.2) is 9.97 Å². The van der Waals surface area contributed by atoms with Crippen molar-refractivity contribution in [1.82, 2.24) is 9.97 Å². The van der Waals surface area contributed by atoms with Crippen LogP contribution in [0, 0.1) is 17.8 Å². The van der Waals surface area contributed by atoms with Crippen LogP contribution in [0.2, 0.25) is 10.0 Å². The summed E-state index contributed by atoms with van der Waals surface area (Å²) in [6.07, 6.45) is 2.76. The number of carbonyl (C=O) groups excluding carboxylic acids is 2. The van der Waals surface area contributed by atoms with Gasteiger partial charge in [0.1, 0.15) is 5.75 Å². The first-order chi connectivity index (χ1) is 14.9. The second-order valence-electron chi connectivity index (χ2n) is 6.40. The number of benzene rings is 2. The van der Waals surface area contributed by atoms with Gasteiger partial charge in [0.25, 0.3) is 0 Å². The Bertz CT molecular complexity index is 1130. The third-order valence-corrected chi connectivity index (χ3v) is 4.82. The van der Waals surface area contributed by atoms with E-state index in [4.69, 9.17) is 27.9 Å². The molecule has 0 saturated carbocycles. The van der Waals surface area contributed by atoms with Crippen molar-refractivity contribution >= 4 is 35.0 Å². The molecule has 0 bridgehead atoms. The number of ketones is 1. The fourth-order valence-corrected chi connectivity index (χ4v) is 3.26. The Morgan fingerprint density at radius 3 is 2.22 bits per heavy atom. The predicted octanol–water partition coefficient (Wildman–Crippen LogP) is 0.960. The van der Waals surface area contributed by atoms with Crippen LogP contribution in [0.4, 0.5) is 0 Å². The standard InChI is InChI=1S/C23H16Cl2N2O4.Na/c24-18-6-2-7-19(25)21(18)20(28)14-16(22(29)30)5-1-4-15-8-10-17(11-9-15)31-23-26-12-3-13-27-23;/h2-3,6-13,16H,5,14H2,(H,29,30);/q;+1/p-1. The maximum atomic E-state index is 12.5. The van der Waals surface area contributed by atoms with Crippen molar-refractivity contribution in [3.8, 4) is 23.6 Å². The van der Waals surface area contributed by atoms with Crippen LogP contribution in [0.1, 0.15) is 28.8 Å². The maximum Gasteiger partial charge on any atom is 1.00 e. The summed E-state index contributed by atoms with van der Waals surface area (Å²) in [4.78, 5) is 31.9. The van der Waals surface area contributed by atoms with Gasteiger partial charge in [0.2, 0.25) is 0 Å². The van der Waals surface area contributed by atoms with E-state index >= 15 is 0 Å². The van der Waals surface area contributed by atoms with Crippen LogP contribution in [0.15, 0.2) is 60.9 Å². The SMILES string of the molecule is O=C(CC(CC#Cc1ccc(Oc2ncccn2)cc1)C(=O)[O-])c1c(Cl)cccc1Cl.[Na+]. The Hall–Kier alpha value is -2.40. The number of hydrogen-bond acceptors (Lipinski definition) is 6. The fourth-order valence-electron chi connectivity index (χ4n) is 2.66. The van der Waals surface area contributed by atoms with Gasteiger partial charge in [0.15, 0.2) is 5.78 Å². The normalized spacial score (nSPS) is 10.8. The molecular formula is C23H15Cl2N2NaO4. The van der Waals surface area contributed by atoms with Gasteiger partial charge in [-0.3, -0.25) is 4.79 Å². The largest absolute Gasteiger partial charge is 1.00 e. The number of halogens is 2. The minimum absolute atomic E-state index is 0. The van der Waals surface area contributed by atoms with Crippen LogP contribution in [-0.2, 0) is 4.79 Å². The van der Waals surface area contributed by atoms with Crippen molar-refractivity contribution in [3.63, 3.8) is 0 Å². The Morgan fingerprint density at radius 2 is 1.62 bits per heavy atom. The van der Waals surface area contributed by atoms with E-state index in [1.54, 1.807) is 48.8 Å². The molecule has 0 saturated heterocycles. The number of Topliss-reactive ketones (excluding diaryl/α,β-unsaturated/α-hetero) is 1. The zero-order valence-electron chi connectivity index (χ0n) is 17.0. The topological polar surface area (TPSA) is 92.2 Å². The summed E-state index contributed by atoms with van der Waals surface area (Å²) >= 11 is 12.0. The van der Waals surface area contributed by atoms with Gasteiger partial charge in [-0.1, -0.05) is 41.1 Å². The number of ether oxygens (including phenoxy) is 1. The minimum atomic E-state index is -1.36. The summed E-state index contributed by atoms with van der Waals surface area (Å²) in [5.41, 5.74) is 0.752. The summed E-state index contributed by atoms with van der Waals surface area (Å²) in [5, 5.41) is 11.8. The summed E-state index contributed by atoms with van der Waals surface area (Å²) in [5.74, 6) is 3.25. The van der Waals surface area contributed by atoms with Gasteiger partial charge in [-0.15, -0.1) is 0 Å². The number of carboxylic acids is 1. The number of carboxylic acid groups (broad SMARTS) is 1. The second-order valence-corrected chi connectivity index (χ2v) is 7.22. The Morgan fingerprint density at radius 1 is 1.00 bits per heavy atom. The number of aliphatic carboxylic acids is 1. The molecule has 0 N–H and O–H groups in total. The molecule has 1 unspecified atom stereocenters. The van der Waals surface area contributed by atoms with Gasteiger partial charge in [0.05, 0.1) is 15.6 Å². The van der Waals surface area contributed by atoms with Crippen LogP contribution < -0.4 is 39.4 Å². The van der Waals surface area contributed by atoms with Crippen molar-refractivity contribution in [2.75, 3.05) is 0 Å². The minimum Gasteiger partial charge on any atom is -0.550 e. The predicted molar refractivity (Wildman–Crippen MR) is 114 cm³/mol. The Labute approximate surface area is 217 Å². The average Bonchev–Trinajstić information content (AvgIpc) is 2.75. The van der Waals surface area contributed by atoms with Crippen molar-refractivity contribution in [1.29, 1.82) is 0 Å². The molecule has 3 rings (SSSR count). The van der Waals surface area contributed by atoms with E-state index in [1.165, 1.54) is 12.1 Å². The van der Waals surface area contributed by atoms with Crippen molar-refractivity contribution in [2.24, 2.45) is 5.92 Å². The third kappa shape index (κ3) is 7.33. The smallest absolute Gasteiger partial charge is 0.550 e. The monoisotopic (exact) mass is 476 g/mol. The molecule has 1 aromatic heterocycles. The summed E-state index contributed by atoms with van der Waals surface area (Å²) in [6.45, 7) is 0. The quantitative estimate of drug-likeness (QED) is 0.286. The molecular weight excluding hydrogens is 462 g/mol. The molecule has 3 aromatic rings. The number of carbonyl (C=O) groups is 2. The molecule has 0 spiro atoms. The molecule has 0 aliphatic heterocycles. The van der Waals surface area contributed by atoms with Crippen LogP contribution in [-0.4, -0.2) is 21.7 Å². The third-order valence-electron chi connectivity index (χ3n) is 4.19. The van der Waals surface area contributed by atoms with Crippen molar-refractivity contribution < 1.29 is 49.0 Å². The van der Waals surface area contributed by atoms with Crippen molar-refractivity contribution in [3.05, 3.63) is 82.1 Å². The molecule has 0 radical (unpaired) electrons. The van der Waals surface area contributed by atoms with Crippen LogP contribution in [0.3, 0.4) is 0 Å². The molecule has 2 aromatic carbocycles. The molecule has 9 heteroatoms. The van der Waals surface area contributed by atoms with Crippen LogP contribution >= 0.6 is 23.2 Å². The van der Waals surface area contributed by atoms with E-state index in [0.717, 1.165) is 0 Å². The van der Waals surface area contributed by atoms with Crippen molar-refractivity contribution in [2.45, 2.75) is 12.8 Å². The molecule has 0 fully saturated rings. The zero-order valence-corrected chi connectivity index (χ0v) is 20.6. The molecule has 156 valence electrons. The Kier molecular flexibility index (Phi) is 10.2. The average molecular weight is 477 g/mol. The van der Waals surface area contributed by atoms with Gasteiger partial charge < -0.3 is 14.6 Å². The molecule has 1 atom stereocenters. The summed E-state index contributed by atoms with van der Waals surface area (Å²) in [7, 11) is 0. The van der Waals surface area contributed by atoms with Gasteiger partial charge >= 0.3 is 35.6 Å². The molecule has 6 nitrogen and oxygen atoms in total. The molecule has 0 amide bonds. The second kappa shape index (κ2) is 12.6. The first-order valence-electron chi connectivity index (χ1n) is 9.16. The molecule has 1 heterocycles. The molecule has 0 aliphatic rings. The molecule has 0 aliphatic carbocycles. The van der Waals surface area contributed by atoms with Gasteiger partial charge in [0, 0.05) is 42.7 Å². The zero-order chi connectivity index (χ0) is 22.2. The van der Waals surface area contributed by atoms with E-state index in [1.807, 2.05) is 0 Å². The first kappa shape index (κ1) is 25.9. The van der Waals surface area contributed by atoms with Crippen LogP contribution in [0.5, 0.6) is 11.8 Å². The summed E-state index contributed by atoms with van der Waals surface area (Å²) in [6, 6.07) is 13.4. The molecule has 32 heavy (non-hydrogen) atoms. The maximum absolute atomic E-state index is 12.5. The number of hydrogen-bond donors (Lipinski definition) is 0. The van der Waals surface area contributed by atoms with E-state index < -0.39 is 17.7 Å². The van der Waals surface area contributed by atoms with E-state index in [0.29, 0.717) is 11.3 Å². The summed E-state index contributed by atoms with van der Waals surface area (Å²) < 4.78 is 5.50. The van der Waals surface area contributed by atoms with Gasteiger partial charge in [-0.2, -0.15) is 0 Å². The van der Waals surface area contributed by atoms with E-state index in [2.05, 4.69) is 21.8 Å². The number of aromatic nitrogens is 2. The fraction of sp³-hybridized carbons (Fsp3) is 0.130. The van der Waals surface area contributed by atoms with Crippen LogP contribution in [0.25, 0.3) is 0 Å².